The highest BCUT2D eigenvalue weighted by Crippen LogP contribution is 2.34. The number of carbonyl (C=O) groups is 1. The molecular weight excluding hydrogens is 454 g/mol. The number of hydrogen-bond acceptors (Lipinski definition) is 6. The zero-order valence-corrected chi connectivity index (χ0v) is 20.8. The number of hydrogen-bond donors (Lipinski definition) is 2. The lowest BCUT2D eigenvalue weighted by molar-refractivity contribution is 0.0303. The number of fused-ring (bicyclic) bond motifs is 1. The number of piperidine rings is 1. The van der Waals surface area contributed by atoms with Gasteiger partial charge in [-0.15, -0.1) is 10.2 Å². The number of carbonyl (C=O) groups excluding carboxylic acids is 1. The summed E-state index contributed by atoms with van der Waals surface area (Å²) in [6, 6.07) is 9.86. The van der Waals surface area contributed by atoms with Crippen molar-refractivity contribution < 1.29 is 9.53 Å². The molecule has 36 heavy (non-hydrogen) atoms. The van der Waals surface area contributed by atoms with E-state index in [-0.39, 0.29) is 5.91 Å². The largest absolute Gasteiger partial charge is 0.378 e. The third kappa shape index (κ3) is 4.18. The topological polar surface area (TPSA) is 103 Å². The maximum Gasteiger partial charge on any atom is 0.254 e. The van der Waals surface area contributed by atoms with Crippen molar-refractivity contribution in [1.29, 1.82) is 0 Å². The number of ether oxygens (including phenoxy) is 1. The van der Waals surface area contributed by atoms with E-state index in [0.717, 1.165) is 70.7 Å². The van der Waals surface area contributed by atoms with Crippen LogP contribution in [0.5, 0.6) is 0 Å². The molecule has 1 aromatic carbocycles. The quantitative estimate of drug-likeness (QED) is 0.458. The first kappa shape index (κ1) is 22.9. The molecule has 0 spiro atoms. The predicted molar refractivity (Wildman–Crippen MR) is 138 cm³/mol. The van der Waals surface area contributed by atoms with Crippen molar-refractivity contribution in [3.8, 4) is 22.5 Å². The second kappa shape index (κ2) is 9.48. The van der Waals surface area contributed by atoms with Crippen LogP contribution in [0.15, 0.2) is 36.5 Å². The number of amides is 1. The highest BCUT2D eigenvalue weighted by molar-refractivity contribution is 5.97. The van der Waals surface area contributed by atoms with Crippen LogP contribution in [0, 0.1) is 6.92 Å². The van der Waals surface area contributed by atoms with Gasteiger partial charge in [0.15, 0.2) is 5.65 Å². The molecule has 2 fully saturated rings. The van der Waals surface area contributed by atoms with Crippen molar-refractivity contribution in [1.82, 2.24) is 35.2 Å². The predicted octanol–water partition coefficient (Wildman–Crippen LogP) is 3.61. The van der Waals surface area contributed by atoms with Crippen LogP contribution in [0.4, 0.5) is 0 Å². The second-order valence-electron chi connectivity index (χ2n) is 9.86. The molecule has 2 N–H and O–H groups in total. The Morgan fingerprint density at radius 3 is 2.56 bits per heavy atom. The number of H-pyrrole nitrogens is 2. The van der Waals surface area contributed by atoms with Crippen molar-refractivity contribution in [2.45, 2.75) is 25.7 Å². The van der Waals surface area contributed by atoms with Crippen LogP contribution >= 0.6 is 0 Å². The van der Waals surface area contributed by atoms with Gasteiger partial charge in [-0.1, -0.05) is 12.1 Å². The van der Waals surface area contributed by atoms with Gasteiger partial charge in [0.2, 0.25) is 0 Å². The molecule has 6 rings (SSSR count). The van der Waals surface area contributed by atoms with E-state index in [0.29, 0.717) is 37.8 Å². The van der Waals surface area contributed by atoms with Gasteiger partial charge in [-0.25, -0.2) is 0 Å². The Balaban J connectivity index is 1.28. The molecule has 5 heterocycles. The first-order valence-corrected chi connectivity index (χ1v) is 12.6. The fourth-order valence-electron chi connectivity index (χ4n) is 5.37. The lowest BCUT2D eigenvalue weighted by Crippen LogP contribution is -2.40. The van der Waals surface area contributed by atoms with E-state index in [4.69, 9.17) is 9.84 Å². The number of benzene rings is 1. The second-order valence-corrected chi connectivity index (χ2v) is 9.86. The van der Waals surface area contributed by atoms with Gasteiger partial charge in [-0.2, -0.15) is 5.10 Å². The van der Waals surface area contributed by atoms with E-state index >= 15 is 0 Å². The minimum absolute atomic E-state index is 0.0482. The number of aromatic nitrogens is 5. The summed E-state index contributed by atoms with van der Waals surface area (Å²) in [4.78, 5) is 20.3. The summed E-state index contributed by atoms with van der Waals surface area (Å²) in [7, 11) is 2.17. The number of rotatable bonds is 4. The molecule has 0 radical (unpaired) electrons. The van der Waals surface area contributed by atoms with Gasteiger partial charge in [0.25, 0.3) is 5.91 Å². The summed E-state index contributed by atoms with van der Waals surface area (Å²) >= 11 is 0. The van der Waals surface area contributed by atoms with E-state index in [1.807, 2.05) is 35.4 Å². The van der Waals surface area contributed by atoms with Crippen LogP contribution in [-0.2, 0) is 4.74 Å². The van der Waals surface area contributed by atoms with Crippen molar-refractivity contribution in [2.24, 2.45) is 0 Å². The SMILES string of the molecule is Cc1c(C2CCN(C)CC2)n[nH]c1-c1cc2c(-c3ccc(C(=O)N4CCOCC4)cc3)c[nH]c2nn1. The summed E-state index contributed by atoms with van der Waals surface area (Å²) in [5.74, 6) is 0.525. The van der Waals surface area contributed by atoms with Crippen molar-refractivity contribution in [2.75, 3.05) is 46.4 Å². The Morgan fingerprint density at radius 2 is 1.81 bits per heavy atom. The highest BCUT2D eigenvalue weighted by Gasteiger charge is 2.25. The molecule has 9 heteroatoms. The van der Waals surface area contributed by atoms with Crippen LogP contribution in [0.1, 0.15) is 40.4 Å². The minimum Gasteiger partial charge on any atom is -0.378 e. The van der Waals surface area contributed by atoms with Crippen molar-refractivity contribution in [3.63, 3.8) is 0 Å². The van der Waals surface area contributed by atoms with Crippen LogP contribution in [0.2, 0.25) is 0 Å². The average Bonchev–Trinajstić information content (AvgIpc) is 3.52. The molecule has 0 unspecified atom stereocenters. The monoisotopic (exact) mass is 485 g/mol. The molecule has 2 saturated heterocycles. The lowest BCUT2D eigenvalue weighted by Gasteiger charge is -2.28. The number of likely N-dealkylation sites (tertiary alicyclic amines) is 1. The molecule has 0 bridgehead atoms. The van der Waals surface area contributed by atoms with E-state index < -0.39 is 0 Å². The normalized spacial score (nSPS) is 17.7. The van der Waals surface area contributed by atoms with Gasteiger partial charge in [0.05, 0.1) is 24.6 Å². The number of nitrogens with zero attached hydrogens (tertiary/aromatic N) is 5. The maximum atomic E-state index is 12.8. The summed E-state index contributed by atoms with van der Waals surface area (Å²) in [6.07, 6.45) is 4.20. The molecule has 2 aliphatic heterocycles. The van der Waals surface area contributed by atoms with Gasteiger partial charge in [-0.3, -0.25) is 9.89 Å². The fourth-order valence-corrected chi connectivity index (χ4v) is 5.37. The molecule has 4 aromatic rings. The summed E-state index contributed by atoms with van der Waals surface area (Å²) < 4.78 is 5.36. The zero-order chi connectivity index (χ0) is 24.6. The molecule has 0 aliphatic carbocycles. The highest BCUT2D eigenvalue weighted by atomic mass is 16.5. The Bertz CT molecular complexity index is 1380. The minimum atomic E-state index is 0.0482. The molecule has 9 nitrogen and oxygen atoms in total. The molecule has 0 atom stereocenters. The Labute approximate surface area is 209 Å². The molecule has 3 aromatic heterocycles. The lowest BCUT2D eigenvalue weighted by atomic mass is 9.91. The molecule has 2 aliphatic rings. The summed E-state index contributed by atoms with van der Waals surface area (Å²) in [6.45, 7) is 6.79. The summed E-state index contributed by atoms with van der Waals surface area (Å²) in [5, 5.41) is 17.9. The van der Waals surface area contributed by atoms with E-state index in [9.17, 15) is 4.79 Å². The van der Waals surface area contributed by atoms with Crippen molar-refractivity contribution in [3.05, 3.63) is 53.3 Å². The standard InChI is InChI=1S/C27H31N7O2/c1-17-24(19-7-9-33(2)10-8-19)30-31-25(17)23-15-21-22(16-28-26(21)32-29-23)18-3-5-20(6-4-18)27(35)34-11-13-36-14-12-34/h3-6,15-16,19H,7-14H2,1-2H3,(H,28,32)(H,30,31). The third-order valence-electron chi connectivity index (χ3n) is 7.59. The zero-order valence-electron chi connectivity index (χ0n) is 20.8. The van der Waals surface area contributed by atoms with E-state index in [2.05, 4.69) is 45.2 Å². The van der Waals surface area contributed by atoms with Gasteiger partial charge in [-0.05, 0) is 69.2 Å². The van der Waals surface area contributed by atoms with Crippen LogP contribution in [0.25, 0.3) is 33.5 Å². The molecule has 1 amide bonds. The molecular formula is C27H31N7O2. The maximum absolute atomic E-state index is 12.8. The van der Waals surface area contributed by atoms with Crippen molar-refractivity contribution >= 4 is 16.9 Å². The molecule has 0 saturated carbocycles. The van der Waals surface area contributed by atoms with Crippen LogP contribution in [-0.4, -0.2) is 87.5 Å². The van der Waals surface area contributed by atoms with Gasteiger partial charge < -0.3 is 19.5 Å². The number of morpholine rings is 1. The van der Waals surface area contributed by atoms with Gasteiger partial charge in [0, 0.05) is 41.7 Å². The summed E-state index contributed by atoms with van der Waals surface area (Å²) in [5.41, 5.74) is 7.48. The first-order chi connectivity index (χ1) is 17.6. The Hall–Kier alpha value is -3.56. The number of nitrogens with one attached hydrogen (secondary N) is 2. The van der Waals surface area contributed by atoms with E-state index in [1.54, 1.807) is 0 Å². The molecule has 186 valence electrons. The fraction of sp³-hybridized carbons (Fsp3) is 0.407. The van der Waals surface area contributed by atoms with Crippen LogP contribution in [0.3, 0.4) is 0 Å². The average molecular weight is 486 g/mol. The smallest absolute Gasteiger partial charge is 0.254 e. The Morgan fingerprint density at radius 1 is 1.06 bits per heavy atom. The van der Waals surface area contributed by atoms with E-state index in [1.165, 1.54) is 0 Å². The van der Waals surface area contributed by atoms with Crippen LogP contribution < -0.4 is 0 Å². The van der Waals surface area contributed by atoms with Gasteiger partial charge >= 0.3 is 0 Å². The Kier molecular flexibility index (Phi) is 6.02. The van der Waals surface area contributed by atoms with Gasteiger partial charge in [0.1, 0.15) is 5.69 Å². The third-order valence-corrected chi connectivity index (χ3v) is 7.59. The number of aromatic amines is 2. The first-order valence-electron chi connectivity index (χ1n) is 12.6.